The number of carbonyl (C=O) groups excluding carboxylic acids is 2. The molecule has 0 unspecified atom stereocenters. The lowest BCUT2D eigenvalue weighted by atomic mass is 9.79. The van der Waals surface area contributed by atoms with Crippen LogP contribution in [0.3, 0.4) is 0 Å². The Morgan fingerprint density at radius 2 is 1.40 bits per heavy atom. The van der Waals surface area contributed by atoms with Gasteiger partial charge in [0.15, 0.2) is 0 Å². The number of benzene rings is 2. The number of carbonyl (C=O) groups is 2. The molecule has 5 heterocycles. The maximum atomic E-state index is 12.7. The van der Waals surface area contributed by atoms with Gasteiger partial charge >= 0.3 is 0 Å². The number of aromatic nitrogens is 4. The third-order valence-corrected chi connectivity index (χ3v) is 10.8. The van der Waals surface area contributed by atoms with Gasteiger partial charge < -0.3 is 10.2 Å². The third-order valence-electron chi connectivity index (χ3n) is 9.95. The zero-order valence-electron chi connectivity index (χ0n) is 31.0. The zero-order chi connectivity index (χ0) is 37.1. The van der Waals surface area contributed by atoms with E-state index in [0.29, 0.717) is 29.9 Å². The Kier molecular flexibility index (Phi) is 13.1. The Hall–Kier alpha value is -5.15. The van der Waals surface area contributed by atoms with E-state index in [-0.39, 0.29) is 11.8 Å². The molecule has 0 aliphatic carbocycles. The summed E-state index contributed by atoms with van der Waals surface area (Å²) in [7, 11) is 0. The van der Waals surface area contributed by atoms with E-state index in [1.807, 2.05) is 59.7 Å². The Labute approximate surface area is 311 Å². The van der Waals surface area contributed by atoms with E-state index in [4.69, 9.17) is 0 Å². The van der Waals surface area contributed by atoms with Crippen LogP contribution in [0.5, 0.6) is 0 Å². The highest BCUT2D eigenvalue weighted by molar-refractivity contribution is 7.98. The molecule has 0 saturated heterocycles. The molecular formula is C43H48N6O2S. The summed E-state index contributed by atoms with van der Waals surface area (Å²) in [5.41, 5.74) is 6.70. The topological polar surface area (TPSA) is 101 Å². The fourth-order valence-corrected chi connectivity index (χ4v) is 6.15. The number of nitrogens with one attached hydrogen (secondary N) is 1. The molecule has 6 aromatic rings. The highest BCUT2D eigenvalue weighted by Crippen LogP contribution is 2.29. The maximum Gasteiger partial charge on any atom is 0.272 e. The normalized spacial score (nSPS) is 12.3. The summed E-state index contributed by atoms with van der Waals surface area (Å²) in [5, 5.41) is 4.79. The van der Waals surface area contributed by atoms with Crippen LogP contribution in [-0.4, -0.2) is 49.5 Å². The van der Waals surface area contributed by atoms with Crippen LogP contribution in [0.4, 0.5) is 0 Å². The summed E-state index contributed by atoms with van der Waals surface area (Å²) < 4.78 is 0. The largest absolute Gasteiger partial charge is 0.347 e. The highest BCUT2D eigenvalue weighted by atomic mass is 32.2. The molecule has 0 saturated carbocycles. The summed E-state index contributed by atoms with van der Waals surface area (Å²) in [6.07, 6.45) is 11.1. The number of hydrogen-bond acceptors (Lipinski definition) is 7. The molecule has 1 aliphatic heterocycles. The first-order valence-electron chi connectivity index (χ1n) is 17.8. The molecule has 2 aromatic carbocycles. The first kappa shape index (κ1) is 38.1. The predicted octanol–water partition coefficient (Wildman–Crippen LogP) is 9.19. The average Bonchev–Trinajstić information content (AvgIpc) is 3.19. The second-order valence-electron chi connectivity index (χ2n) is 13.8. The first-order chi connectivity index (χ1) is 25.1. The molecule has 4 aromatic heterocycles. The van der Waals surface area contributed by atoms with Crippen LogP contribution in [0.15, 0.2) is 115 Å². The van der Waals surface area contributed by atoms with Crippen molar-refractivity contribution < 1.29 is 9.59 Å². The molecule has 52 heavy (non-hydrogen) atoms. The van der Waals surface area contributed by atoms with Gasteiger partial charge in [-0.25, -0.2) is 9.97 Å². The fraction of sp³-hybridized carbons (Fsp3) is 0.302. The molecule has 0 bridgehead atoms. The summed E-state index contributed by atoms with van der Waals surface area (Å²) in [5.74, 6) is 0.635. The van der Waals surface area contributed by atoms with Gasteiger partial charge in [0.2, 0.25) is 0 Å². The molecule has 1 aliphatic rings. The van der Waals surface area contributed by atoms with Gasteiger partial charge in [-0.3, -0.25) is 19.6 Å². The second-order valence-corrected chi connectivity index (χ2v) is 14.6. The van der Waals surface area contributed by atoms with Crippen molar-refractivity contribution in [2.75, 3.05) is 12.8 Å². The molecule has 0 atom stereocenters. The molecule has 2 amide bonds. The van der Waals surface area contributed by atoms with E-state index in [9.17, 15) is 9.59 Å². The average molecular weight is 713 g/mol. The summed E-state index contributed by atoms with van der Waals surface area (Å²) >= 11 is 1.67. The number of rotatable bonds is 7. The van der Waals surface area contributed by atoms with Gasteiger partial charge in [-0.2, -0.15) is 0 Å². The van der Waals surface area contributed by atoms with Crippen molar-refractivity contribution in [3.63, 3.8) is 0 Å². The van der Waals surface area contributed by atoms with Crippen molar-refractivity contribution in [1.29, 1.82) is 0 Å². The van der Waals surface area contributed by atoms with Gasteiger partial charge in [0.25, 0.3) is 11.8 Å². The van der Waals surface area contributed by atoms with E-state index in [1.165, 1.54) is 22.4 Å². The smallest absolute Gasteiger partial charge is 0.272 e. The highest BCUT2D eigenvalue weighted by Gasteiger charge is 2.22. The van der Waals surface area contributed by atoms with Gasteiger partial charge in [0.05, 0.1) is 11.0 Å². The lowest BCUT2D eigenvalue weighted by Gasteiger charge is -2.28. The van der Waals surface area contributed by atoms with Crippen molar-refractivity contribution in [3.05, 3.63) is 138 Å². The Morgan fingerprint density at radius 1 is 0.808 bits per heavy atom. The summed E-state index contributed by atoms with van der Waals surface area (Å²) in [6.45, 7) is 13.3. The van der Waals surface area contributed by atoms with Crippen LogP contribution in [0.2, 0.25) is 0 Å². The number of pyridine rings is 4. The Balaban J connectivity index is 0.000000167. The van der Waals surface area contributed by atoms with Crippen LogP contribution < -0.4 is 5.32 Å². The van der Waals surface area contributed by atoms with Gasteiger partial charge in [-0.05, 0) is 83.2 Å². The summed E-state index contributed by atoms with van der Waals surface area (Å²) in [6, 6.07) is 27.2. The molecule has 1 N–H and O–H groups in total. The standard InChI is InChI=1S/C18H15N3O.C17H15N3OS.C8H18/c22-18(17-6-5-14-11-19-9-7-16(14)20-17)21-10-8-13-3-1-2-4-15(13)12-21;1-22-16-5-3-2-4-13(16)11-19-17(21)15-7-6-12-10-18-9-8-14(12)20-15;1-6-8(4,5)7(2)3/h1-7,9,11H,8,10,12H2;2-10H,11H2,1H3,(H,19,21);7H,6H2,1-5H3. The number of nitrogens with zero attached hydrogens (tertiary/aromatic N) is 5. The van der Waals surface area contributed by atoms with E-state index in [1.54, 1.807) is 54.7 Å². The van der Waals surface area contributed by atoms with Crippen LogP contribution >= 0.6 is 11.8 Å². The van der Waals surface area contributed by atoms with Gasteiger partial charge in [0.1, 0.15) is 11.4 Å². The number of fused-ring (bicyclic) bond motifs is 3. The predicted molar refractivity (Wildman–Crippen MR) is 212 cm³/mol. The van der Waals surface area contributed by atoms with Gasteiger partial charge in [-0.15, -0.1) is 11.8 Å². The molecule has 0 radical (unpaired) electrons. The van der Waals surface area contributed by atoms with Crippen molar-refractivity contribution >= 4 is 45.4 Å². The minimum absolute atomic E-state index is 0.00628. The molecule has 8 nitrogen and oxygen atoms in total. The van der Waals surface area contributed by atoms with Crippen molar-refractivity contribution in [2.45, 2.75) is 65.4 Å². The number of thioether (sulfide) groups is 1. The fourth-order valence-electron chi connectivity index (χ4n) is 5.53. The molecule has 0 fully saturated rings. The lowest BCUT2D eigenvalue weighted by Crippen LogP contribution is -2.36. The summed E-state index contributed by atoms with van der Waals surface area (Å²) in [4.78, 5) is 45.0. The van der Waals surface area contributed by atoms with E-state index in [0.717, 1.165) is 46.3 Å². The molecular weight excluding hydrogens is 665 g/mol. The third kappa shape index (κ3) is 9.79. The monoisotopic (exact) mass is 712 g/mol. The molecule has 268 valence electrons. The SMILES string of the molecule is CCC(C)(C)C(C)C.CSc1ccccc1CNC(=O)c1ccc2cnccc2n1.O=C(c1ccc2cnccc2n1)N1CCc2ccccc2C1. The number of hydrogen-bond donors (Lipinski definition) is 1. The quantitative estimate of drug-likeness (QED) is 0.165. The minimum Gasteiger partial charge on any atom is -0.347 e. The zero-order valence-corrected chi connectivity index (χ0v) is 31.8. The van der Waals surface area contributed by atoms with E-state index < -0.39 is 0 Å². The number of amides is 2. The van der Waals surface area contributed by atoms with Crippen LogP contribution in [-0.2, 0) is 19.5 Å². The van der Waals surface area contributed by atoms with Gasteiger partial charge in [0, 0.05) is 60.1 Å². The molecule has 0 spiro atoms. The van der Waals surface area contributed by atoms with Gasteiger partial charge in [-0.1, -0.05) is 83.5 Å². The Morgan fingerprint density at radius 3 is 2.02 bits per heavy atom. The van der Waals surface area contributed by atoms with E-state index >= 15 is 0 Å². The molecule has 9 heteroatoms. The lowest BCUT2D eigenvalue weighted by molar-refractivity contribution is 0.0729. The van der Waals surface area contributed by atoms with Crippen LogP contribution in [0.1, 0.15) is 78.7 Å². The van der Waals surface area contributed by atoms with Crippen LogP contribution in [0.25, 0.3) is 21.8 Å². The van der Waals surface area contributed by atoms with Crippen LogP contribution in [0, 0.1) is 11.3 Å². The van der Waals surface area contributed by atoms with Crippen molar-refractivity contribution in [2.24, 2.45) is 11.3 Å². The van der Waals surface area contributed by atoms with E-state index in [2.05, 4.69) is 78.1 Å². The first-order valence-corrected chi connectivity index (χ1v) is 19.0. The Bertz CT molecular complexity index is 2100. The van der Waals surface area contributed by atoms with Crippen molar-refractivity contribution in [1.82, 2.24) is 30.2 Å². The van der Waals surface area contributed by atoms with Crippen molar-refractivity contribution in [3.8, 4) is 0 Å². The maximum absolute atomic E-state index is 12.7. The minimum atomic E-state index is -0.172. The molecule has 7 rings (SSSR count). The second kappa shape index (κ2) is 17.9.